The van der Waals surface area contributed by atoms with Crippen LogP contribution in [-0.4, -0.2) is 38.7 Å². The Morgan fingerprint density at radius 2 is 1.89 bits per heavy atom. The number of nitrogens with zero attached hydrogens (tertiary/aromatic N) is 4. The molecule has 9 heteroatoms. The fraction of sp³-hybridized carbons (Fsp3) is 0.167. The predicted molar refractivity (Wildman–Crippen MR) is 94.5 cm³/mol. The molecule has 1 aliphatic heterocycles. The summed E-state index contributed by atoms with van der Waals surface area (Å²) in [5, 5.41) is 14.7. The number of ether oxygens (including phenoxy) is 2. The van der Waals surface area contributed by atoms with Gasteiger partial charge in [-0.1, -0.05) is 30.3 Å². The summed E-state index contributed by atoms with van der Waals surface area (Å²) in [6, 6.07) is 12.5. The number of aromatic nitrogens is 4. The standard InChI is InChI=1S/C18H15N5O4/c1-11(24)13-7-15-16(27-10-26-15)8-14(13)19-17(25)9-23-21-18(20-22-23)12-5-3-2-4-6-12/h2-8H,9-10H2,1H3,(H,19,25). The number of benzene rings is 2. The van der Waals surface area contributed by atoms with Crippen LogP contribution in [0.4, 0.5) is 5.69 Å². The number of rotatable bonds is 5. The van der Waals surface area contributed by atoms with E-state index in [2.05, 4.69) is 20.7 Å². The first kappa shape index (κ1) is 16.7. The van der Waals surface area contributed by atoms with Crippen LogP contribution >= 0.6 is 0 Å². The molecule has 0 unspecified atom stereocenters. The third-order valence-corrected chi connectivity index (χ3v) is 3.94. The van der Waals surface area contributed by atoms with Crippen LogP contribution in [0.3, 0.4) is 0 Å². The Kier molecular flexibility index (Phi) is 4.25. The number of tetrazole rings is 1. The number of carbonyl (C=O) groups excluding carboxylic acids is 2. The first-order valence-electron chi connectivity index (χ1n) is 8.18. The van der Waals surface area contributed by atoms with Crippen molar-refractivity contribution >= 4 is 17.4 Å². The van der Waals surface area contributed by atoms with Crippen molar-refractivity contribution in [3.05, 3.63) is 48.0 Å². The second-order valence-corrected chi connectivity index (χ2v) is 5.86. The summed E-state index contributed by atoms with van der Waals surface area (Å²) in [6.45, 7) is 1.35. The summed E-state index contributed by atoms with van der Waals surface area (Å²) in [5.41, 5.74) is 1.49. The molecule has 2 aromatic carbocycles. The van der Waals surface area contributed by atoms with Gasteiger partial charge in [0.25, 0.3) is 0 Å². The van der Waals surface area contributed by atoms with Gasteiger partial charge in [0, 0.05) is 17.2 Å². The van der Waals surface area contributed by atoms with E-state index in [-0.39, 0.29) is 19.1 Å². The normalized spacial score (nSPS) is 12.0. The molecule has 136 valence electrons. The number of fused-ring (bicyclic) bond motifs is 1. The Labute approximate surface area is 153 Å². The van der Waals surface area contributed by atoms with Gasteiger partial charge in [0.15, 0.2) is 17.3 Å². The smallest absolute Gasteiger partial charge is 0.248 e. The molecule has 1 aliphatic rings. The van der Waals surface area contributed by atoms with Crippen molar-refractivity contribution in [2.24, 2.45) is 0 Å². The molecule has 9 nitrogen and oxygen atoms in total. The van der Waals surface area contributed by atoms with Gasteiger partial charge in [-0.3, -0.25) is 9.59 Å². The van der Waals surface area contributed by atoms with Crippen LogP contribution in [0, 0.1) is 0 Å². The van der Waals surface area contributed by atoms with Gasteiger partial charge in [-0.05, 0) is 18.2 Å². The number of nitrogens with one attached hydrogen (secondary N) is 1. The van der Waals surface area contributed by atoms with E-state index in [9.17, 15) is 9.59 Å². The average molecular weight is 365 g/mol. The number of anilines is 1. The van der Waals surface area contributed by atoms with Crippen molar-refractivity contribution in [1.82, 2.24) is 20.2 Å². The number of hydrogen-bond donors (Lipinski definition) is 1. The molecule has 4 rings (SSSR count). The molecule has 27 heavy (non-hydrogen) atoms. The molecule has 1 amide bonds. The Hall–Kier alpha value is -3.75. The van der Waals surface area contributed by atoms with Gasteiger partial charge < -0.3 is 14.8 Å². The molecule has 1 N–H and O–H groups in total. The highest BCUT2D eigenvalue weighted by atomic mass is 16.7. The lowest BCUT2D eigenvalue weighted by Gasteiger charge is -2.10. The first-order valence-corrected chi connectivity index (χ1v) is 8.18. The van der Waals surface area contributed by atoms with Gasteiger partial charge >= 0.3 is 0 Å². The van der Waals surface area contributed by atoms with Crippen molar-refractivity contribution in [3.63, 3.8) is 0 Å². The Morgan fingerprint density at radius 3 is 2.63 bits per heavy atom. The van der Waals surface area contributed by atoms with Crippen molar-refractivity contribution in [1.29, 1.82) is 0 Å². The second-order valence-electron chi connectivity index (χ2n) is 5.86. The number of carbonyl (C=O) groups is 2. The van der Waals surface area contributed by atoms with E-state index in [1.165, 1.54) is 11.7 Å². The van der Waals surface area contributed by atoms with Crippen LogP contribution in [0.15, 0.2) is 42.5 Å². The minimum atomic E-state index is -0.395. The molecule has 0 saturated carbocycles. The fourth-order valence-electron chi connectivity index (χ4n) is 2.67. The molecule has 0 fully saturated rings. The average Bonchev–Trinajstić information content (AvgIpc) is 3.30. The van der Waals surface area contributed by atoms with E-state index >= 15 is 0 Å². The summed E-state index contributed by atoms with van der Waals surface area (Å²) in [7, 11) is 0. The SMILES string of the molecule is CC(=O)c1cc2c(cc1NC(=O)Cn1nnc(-c3ccccc3)n1)OCO2. The zero-order valence-corrected chi connectivity index (χ0v) is 14.4. The molecule has 1 aromatic heterocycles. The minimum Gasteiger partial charge on any atom is -0.454 e. The van der Waals surface area contributed by atoms with Crippen LogP contribution in [-0.2, 0) is 11.3 Å². The highest BCUT2D eigenvalue weighted by Gasteiger charge is 2.20. The summed E-state index contributed by atoms with van der Waals surface area (Å²) < 4.78 is 10.6. The molecule has 0 bridgehead atoms. The molecular weight excluding hydrogens is 350 g/mol. The van der Waals surface area contributed by atoms with Gasteiger partial charge in [0.1, 0.15) is 6.54 Å². The summed E-state index contributed by atoms with van der Waals surface area (Å²) >= 11 is 0. The maximum Gasteiger partial charge on any atom is 0.248 e. The largest absolute Gasteiger partial charge is 0.454 e. The number of Topliss-reactive ketones (excluding diaryl/α,β-unsaturated/α-hetero) is 1. The van der Waals surface area contributed by atoms with Gasteiger partial charge in [-0.25, -0.2) is 0 Å². The molecule has 0 radical (unpaired) electrons. The monoisotopic (exact) mass is 365 g/mol. The first-order chi connectivity index (χ1) is 13.1. The van der Waals surface area contributed by atoms with E-state index in [0.717, 1.165) is 5.56 Å². The molecular formula is C18H15N5O4. The Balaban J connectivity index is 1.50. The highest BCUT2D eigenvalue weighted by Crippen LogP contribution is 2.37. The Bertz CT molecular complexity index is 1020. The van der Waals surface area contributed by atoms with Crippen LogP contribution < -0.4 is 14.8 Å². The van der Waals surface area contributed by atoms with E-state index < -0.39 is 5.91 Å². The summed E-state index contributed by atoms with van der Waals surface area (Å²) in [5.74, 6) is 0.780. The van der Waals surface area contributed by atoms with Crippen LogP contribution in [0.2, 0.25) is 0 Å². The number of amides is 1. The second kappa shape index (κ2) is 6.87. The van der Waals surface area contributed by atoms with Crippen LogP contribution in [0.5, 0.6) is 11.5 Å². The lowest BCUT2D eigenvalue weighted by atomic mass is 10.1. The van der Waals surface area contributed by atoms with Crippen molar-refractivity contribution in [2.45, 2.75) is 13.5 Å². The number of ketones is 1. The maximum absolute atomic E-state index is 12.4. The maximum atomic E-state index is 12.4. The minimum absolute atomic E-state index is 0.0786. The van der Waals surface area contributed by atoms with Gasteiger partial charge in [-0.15, -0.1) is 10.2 Å². The summed E-state index contributed by atoms with van der Waals surface area (Å²) in [4.78, 5) is 25.5. The third kappa shape index (κ3) is 3.47. The fourth-order valence-corrected chi connectivity index (χ4v) is 2.67. The van der Waals surface area contributed by atoms with Gasteiger partial charge in [-0.2, -0.15) is 4.80 Å². The Morgan fingerprint density at radius 1 is 1.15 bits per heavy atom. The molecule has 0 saturated heterocycles. The van der Waals surface area contributed by atoms with Gasteiger partial charge in [0.05, 0.1) is 5.69 Å². The molecule has 0 aliphatic carbocycles. The quantitative estimate of drug-likeness (QED) is 0.688. The zero-order valence-electron chi connectivity index (χ0n) is 14.4. The highest BCUT2D eigenvalue weighted by molar-refractivity contribution is 6.04. The van der Waals surface area contributed by atoms with E-state index in [1.807, 2.05) is 30.3 Å². The zero-order chi connectivity index (χ0) is 18.8. The van der Waals surface area contributed by atoms with Crippen molar-refractivity contribution < 1.29 is 19.1 Å². The molecule has 0 spiro atoms. The van der Waals surface area contributed by atoms with Crippen molar-refractivity contribution in [2.75, 3.05) is 12.1 Å². The predicted octanol–water partition coefficient (Wildman–Crippen LogP) is 1.91. The molecule has 0 atom stereocenters. The topological polar surface area (TPSA) is 108 Å². The molecule has 2 heterocycles. The lowest BCUT2D eigenvalue weighted by molar-refractivity contribution is -0.117. The van der Waals surface area contributed by atoms with Crippen LogP contribution in [0.1, 0.15) is 17.3 Å². The number of hydrogen-bond acceptors (Lipinski definition) is 7. The van der Waals surface area contributed by atoms with E-state index in [1.54, 1.807) is 12.1 Å². The lowest BCUT2D eigenvalue weighted by Crippen LogP contribution is -2.21. The van der Waals surface area contributed by atoms with E-state index in [0.29, 0.717) is 28.6 Å². The van der Waals surface area contributed by atoms with Gasteiger partial charge in [0.2, 0.25) is 18.5 Å². The third-order valence-electron chi connectivity index (χ3n) is 3.94. The summed E-state index contributed by atoms with van der Waals surface area (Å²) in [6.07, 6.45) is 0. The van der Waals surface area contributed by atoms with Crippen LogP contribution in [0.25, 0.3) is 11.4 Å². The van der Waals surface area contributed by atoms with E-state index in [4.69, 9.17) is 9.47 Å². The van der Waals surface area contributed by atoms with Crippen molar-refractivity contribution in [3.8, 4) is 22.9 Å². The molecule has 3 aromatic rings.